The first-order valence-electron chi connectivity index (χ1n) is 11.9. The largest absolute Gasteiger partial charge is 0.431 e. The van der Waals surface area contributed by atoms with Crippen molar-refractivity contribution in [1.29, 1.82) is 0 Å². The van der Waals surface area contributed by atoms with Gasteiger partial charge in [-0.2, -0.15) is 0 Å². The quantitative estimate of drug-likeness (QED) is 0.365. The standard InChI is InChI=1S/C24H34O5.HNO3/c1-22-9-7-16(25)11-15(22)4-5-18-21(22)19(26)12-23(2)17(8-10-24(18,23)28)14-3-6-20(27)29-13-14;2-1(3)4/h3,6,13,15-19,21,25-26,28H,4-5,7-12H2,1-2H3;(H,2,3,4)/t15-,16+,17-,18?,19-,21?,22+,23-,24+;/m1./s1. The van der Waals surface area contributed by atoms with Crippen LogP contribution in [-0.4, -0.2) is 43.4 Å². The molecule has 1 aromatic heterocycles. The van der Waals surface area contributed by atoms with Gasteiger partial charge in [0.05, 0.1) is 24.1 Å². The van der Waals surface area contributed by atoms with Crippen molar-refractivity contribution in [2.75, 3.05) is 0 Å². The van der Waals surface area contributed by atoms with Gasteiger partial charge in [-0.3, -0.25) is 0 Å². The van der Waals surface area contributed by atoms with Gasteiger partial charge in [-0.05, 0) is 92.1 Å². The number of hydrogen-bond donors (Lipinski definition) is 4. The number of aliphatic hydroxyl groups is 3. The first-order chi connectivity index (χ1) is 15.4. The van der Waals surface area contributed by atoms with E-state index in [1.807, 2.05) is 6.07 Å². The minimum Gasteiger partial charge on any atom is -0.431 e. The average Bonchev–Trinajstić information content (AvgIpc) is 3.00. The van der Waals surface area contributed by atoms with E-state index in [0.29, 0.717) is 12.3 Å². The highest BCUT2D eigenvalue weighted by molar-refractivity contribution is 5.28. The van der Waals surface area contributed by atoms with E-state index in [4.69, 9.17) is 19.7 Å². The Balaban J connectivity index is 0.000000601. The monoisotopic (exact) mass is 465 g/mol. The Morgan fingerprint density at radius 1 is 1.12 bits per heavy atom. The van der Waals surface area contributed by atoms with E-state index >= 15 is 0 Å². The molecule has 1 heterocycles. The molecule has 0 aromatic carbocycles. The maximum Gasteiger partial charge on any atom is 0.335 e. The highest BCUT2D eigenvalue weighted by atomic mass is 16.9. The van der Waals surface area contributed by atoms with Crippen LogP contribution in [0, 0.1) is 38.7 Å². The maximum absolute atomic E-state index is 12.2. The molecule has 4 fully saturated rings. The zero-order valence-corrected chi connectivity index (χ0v) is 19.2. The lowest BCUT2D eigenvalue weighted by atomic mass is 9.42. The van der Waals surface area contributed by atoms with Crippen molar-refractivity contribution in [2.45, 2.75) is 88.9 Å². The molecule has 184 valence electrons. The maximum atomic E-state index is 12.2. The van der Waals surface area contributed by atoms with Gasteiger partial charge in [0, 0.05) is 11.5 Å². The second kappa shape index (κ2) is 8.36. The molecule has 4 N–H and O–H groups in total. The highest BCUT2D eigenvalue weighted by Crippen LogP contribution is 2.70. The number of rotatable bonds is 1. The number of nitrogens with zero attached hydrogens (tertiary/aromatic N) is 1. The Hall–Kier alpha value is -1.97. The summed E-state index contributed by atoms with van der Waals surface area (Å²) >= 11 is 0. The summed E-state index contributed by atoms with van der Waals surface area (Å²) in [7, 11) is 0. The van der Waals surface area contributed by atoms with Gasteiger partial charge >= 0.3 is 5.63 Å². The molecule has 0 aliphatic heterocycles. The third-order valence-corrected chi connectivity index (χ3v) is 9.89. The van der Waals surface area contributed by atoms with Crippen molar-refractivity contribution < 1.29 is 30.0 Å². The summed E-state index contributed by atoms with van der Waals surface area (Å²) in [5.41, 5.74) is -0.681. The van der Waals surface area contributed by atoms with E-state index in [-0.39, 0.29) is 34.9 Å². The van der Waals surface area contributed by atoms with Gasteiger partial charge in [-0.1, -0.05) is 13.8 Å². The first kappa shape index (κ1) is 24.2. The van der Waals surface area contributed by atoms with Crippen LogP contribution < -0.4 is 5.63 Å². The molecule has 0 spiro atoms. The van der Waals surface area contributed by atoms with Crippen molar-refractivity contribution in [3.63, 3.8) is 0 Å². The molecule has 33 heavy (non-hydrogen) atoms. The predicted octanol–water partition coefficient (Wildman–Crippen LogP) is 2.87. The van der Waals surface area contributed by atoms with Gasteiger partial charge in [-0.15, -0.1) is 10.1 Å². The molecule has 5 rings (SSSR count). The van der Waals surface area contributed by atoms with Crippen LogP contribution in [0.25, 0.3) is 0 Å². The Labute approximate surface area is 192 Å². The van der Waals surface area contributed by atoms with Crippen molar-refractivity contribution in [2.24, 2.45) is 28.6 Å². The highest BCUT2D eigenvalue weighted by Gasteiger charge is 2.69. The van der Waals surface area contributed by atoms with Crippen molar-refractivity contribution in [1.82, 2.24) is 0 Å². The lowest BCUT2D eigenvalue weighted by Gasteiger charge is -2.65. The van der Waals surface area contributed by atoms with Crippen LogP contribution in [0.3, 0.4) is 0 Å². The molecule has 4 saturated carbocycles. The molecule has 0 amide bonds. The van der Waals surface area contributed by atoms with Gasteiger partial charge in [0.1, 0.15) is 0 Å². The molecule has 9 nitrogen and oxygen atoms in total. The second-order valence-corrected chi connectivity index (χ2v) is 11.2. The molecule has 0 saturated heterocycles. The van der Waals surface area contributed by atoms with Crippen LogP contribution in [0.5, 0.6) is 0 Å². The number of aliphatic hydroxyl groups excluding tert-OH is 2. The second-order valence-electron chi connectivity index (χ2n) is 11.2. The third-order valence-electron chi connectivity index (χ3n) is 9.89. The van der Waals surface area contributed by atoms with Crippen LogP contribution in [0.15, 0.2) is 27.6 Å². The lowest BCUT2D eigenvalue weighted by Crippen LogP contribution is -2.66. The molecule has 0 radical (unpaired) electrons. The average molecular weight is 466 g/mol. The van der Waals surface area contributed by atoms with Crippen molar-refractivity contribution in [3.8, 4) is 0 Å². The van der Waals surface area contributed by atoms with Crippen LogP contribution in [0.1, 0.15) is 76.7 Å². The summed E-state index contributed by atoms with van der Waals surface area (Å²) in [5.74, 6) is 0.662. The van der Waals surface area contributed by atoms with E-state index in [0.717, 1.165) is 50.5 Å². The summed E-state index contributed by atoms with van der Waals surface area (Å²) in [6.45, 7) is 4.43. The van der Waals surface area contributed by atoms with Crippen LogP contribution in [-0.2, 0) is 0 Å². The molecule has 4 aliphatic carbocycles. The molecule has 2 unspecified atom stereocenters. The summed E-state index contributed by atoms with van der Waals surface area (Å²) in [6, 6.07) is 3.28. The van der Waals surface area contributed by atoms with Crippen molar-refractivity contribution >= 4 is 0 Å². The first-order valence-corrected chi connectivity index (χ1v) is 11.9. The molecule has 1 aromatic rings. The third kappa shape index (κ3) is 3.78. The minimum absolute atomic E-state index is 0.0176. The Bertz CT molecular complexity index is 926. The van der Waals surface area contributed by atoms with Gasteiger partial charge < -0.3 is 24.9 Å². The zero-order chi connectivity index (χ0) is 24.2. The molecular formula is C24H35NO8. The van der Waals surface area contributed by atoms with E-state index in [1.54, 1.807) is 6.26 Å². The fourth-order valence-corrected chi connectivity index (χ4v) is 8.41. The lowest BCUT2D eigenvalue weighted by molar-refractivity contribution is -0.742. The summed E-state index contributed by atoms with van der Waals surface area (Å²) in [4.78, 5) is 19.8. The smallest absolute Gasteiger partial charge is 0.335 e. The van der Waals surface area contributed by atoms with Crippen molar-refractivity contribution in [3.05, 3.63) is 44.5 Å². The Morgan fingerprint density at radius 2 is 1.82 bits per heavy atom. The van der Waals surface area contributed by atoms with Crippen LogP contribution in [0.2, 0.25) is 0 Å². The SMILES string of the molecule is C[C@]12CC[C@H](O)C[C@H]1CCC1C2[C@H](O)C[C@]2(C)[C@@H](c3ccc(=O)oc3)CC[C@]12O.O=[N+]([O-])O. The zero-order valence-electron chi connectivity index (χ0n) is 19.2. The molecular weight excluding hydrogens is 430 g/mol. The van der Waals surface area contributed by atoms with Gasteiger partial charge in [0.2, 0.25) is 0 Å². The fourth-order valence-electron chi connectivity index (χ4n) is 8.41. The van der Waals surface area contributed by atoms with E-state index in [9.17, 15) is 20.1 Å². The molecule has 9 heteroatoms. The number of fused-ring (bicyclic) bond motifs is 5. The minimum atomic E-state index is -1.50. The van der Waals surface area contributed by atoms with E-state index in [2.05, 4.69) is 13.8 Å². The van der Waals surface area contributed by atoms with Crippen LogP contribution >= 0.6 is 0 Å². The van der Waals surface area contributed by atoms with E-state index < -0.39 is 22.2 Å². The predicted molar refractivity (Wildman–Crippen MR) is 117 cm³/mol. The summed E-state index contributed by atoms with van der Waals surface area (Å²) in [5, 5.41) is 47.5. The fraction of sp³-hybridized carbons (Fsp3) is 0.792. The topological polar surface area (TPSA) is 154 Å². The Morgan fingerprint density at radius 3 is 2.45 bits per heavy atom. The molecule has 9 atom stereocenters. The van der Waals surface area contributed by atoms with Crippen LogP contribution in [0.4, 0.5) is 0 Å². The van der Waals surface area contributed by atoms with Gasteiger partial charge in [-0.25, -0.2) is 4.79 Å². The Kier molecular flexibility index (Phi) is 6.12. The summed E-state index contributed by atoms with van der Waals surface area (Å²) in [6.07, 6.45) is 7.49. The molecule has 4 aliphatic rings. The number of hydrogen-bond acceptors (Lipinski definition) is 7. The normalized spacial score (nSPS) is 46.2. The molecule has 0 bridgehead atoms. The van der Waals surface area contributed by atoms with Gasteiger partial charge in [0.15, 0.2) is 0 Å². The summed E-state index contributed by atoms with van der Waals surface area (Å²) < 4.78 is 5.14. The van der Waals surface area contributed by atoms with Gasteiger partial charge in [0.25, 0.3) is 5.09 Å². The van der Waals surface area contributed by atoms with E-state index in [1.165, 1.54) is 6.07 Å².